The zero-order valence-electron chi connectivity index (χ0n) is 7.57. The molecule has 0 atom stereocenters. The largest absolute Gasteiger partial charge is 0.399 e. The van der Waals surface area contributed by atoms with Crippen LogP contribution in [-0.2, 0) is 0 Å². The molecule has 0 heterocycles. The predicted molar refractivity (Wildman–Crippen MR) is 56.2 cm³/mol. The fourth-order valence-electron chi connectivity index (χ4n) is 1.38. The lowest BCUT2D eigenvalue weighted by atomic mass is 10.1. The highest BCUT2D eigenvalue weighted by Gasteiger charge is 2.03. The van der Waals surface area contributed by atoms with E-state index in [0.29, 0.717) is 11.3 Å². The monoisotopic (exact) mass is 187 g/mol. The van der Waals surface area contributed by atoms with Crippen LogP contribution in [0.4, 0.5) is 10.1 Å². The van der Waals surface area contributed by atoms with Crippen molar-refractivity contribution in [2.45, 2.75) is 0 Å². The van der Waals surface area contributed by atoms with E-state index < -0.39 is 0 Å². The summed E-state index contributed by atoms with van der Waals surface area (Å²) in [5, 5.41) is 0. The fourth-order valence-corrected chi connectivity index (χ4v) is 1.38. The Labute approximate surface area is 82.0 Å². The molecule has 0 unspecified atom stereocenters. The summed E-state index contributed by atoms with van der Waals surface area (Å²) >= 11 is 0. The van der Waals surface area contributed by atoms with Gasteiger partial charge in [-0.2, -0.15) is 0 Å². The molecule has 0 aromatic heterocycles. The molecule has 0 amide bonds. The maximum atomic E-state index is 13.5. The van der Waals surface area contributed by atoms with E-state index in [9.17, 15) is 4.39 Å². The summed E-state index contributed by atoms with van der Waals surface area (Å²) in [6.07, 6.45) is 0. The van der Waals surface area contributed by atoms with Crippen LogP contribution >= 0.6 is 0 Å². The lowest BCUT2D eigenvalue weighted by Crippen LogP contribution is -1.88. The predicted octanol–water partition coefficient (Wildman–Crippen LogP) is 3.07. The molecular weight excluding hydrogens is 177 g/mol. The van der Waals surface area contributed by atoms with Crippen molar-refractivity contribution < 1.29 is 4.39 Å². The first-order chi connectivity index (χ1) is 6.77. The van der Waals surface area contributed by atoms with Crippen molar-refractivity contribution in [2.75, 3.05) is 5.73 Å². The van der Waals surface area contributed by atoms with Crippen molar-refractivity contribution in [1.82, 2.24) is 0 Å². The molecule has 2 aromatic carbocycles. The lowest BCUT2D eigenvalue weighted by molar-refractivity contribution is 0.632. The standard InChI is InChI=1S/C12H10FN/c13-12-8-10(14)6-7-11(12)9-4-2-1-3-5-9/h1-8H,14H2. The fraction of sp³-hybridized carbons (Fsp3) is 0. The number of nitrogens with two attached hydrogens (primary N) is 1. The molecule has 0 fully saturated rings. The van der Waals surface area contributed by atoms with E-state index in [1.54, 1.807) is 12.1 Å². The van der Waals surface area contributed by atoms with Crippen LogP contribution in [-0.4, -0.2) is 0 Å². The molecule has 0 saturated carbocycles. The van der Waals surface area contributed by atoms with E-state index in [0.717, 1.165) is 5.56 Å². The quantitative estimate of drug-likeness (QED) is 0.682. The van der Waals surface area contributed by atoms with Gasteiger partial charge in [0.1, 0.15) is 5.82 Å². The zero-order chi connectivity index (χ0) is 9.97. The molecule has 0 aliphatic rings. The SMILES string of the molecule is Nc1ccc(-c2ccccc2)c(F)c1. The number of nitrogen functional groups attached to an aromatic ring is 1. The van der Waals surface area contributed by atoms with Crippen LogP contribution in [0.1, 0.15) is 0 Å². The van der Waals surface area contributed by atoms with Gasteiger partial charge in [-0.3, -0.25) is 0 Å². The number of rotatable bonds is 1. The Morgan fingerprint density at radius 3 is 2.29 bits per heavy atom. The van der Waals surface area contributed by atoms with Crippen LogP contribution in [0.5, 0.6) is 0 Å². The minimum atomic E-state index is -0.281. The van der Waals surface area contributed by atoms with Crippen molar-refractivity contribution in [3.8, 4) is 11.1 Å². The van der Waals surface area contributed by atoms with E-state index in [4.69, 9.17) is 5.73 Å². The van der Waals surface area contributed by atoms with E-state index in [1.807, 2.05) is 30.3 Å². The second-order valence-corrected chi connectivity index (χ2v) is 3.11. The number of hydrogen-bond donors (Lipinski definition) is 1. The van der Waals surface area contributed by atoms with Crippen molar-refractivity contribution in [3.63, 3.8) is 0 Å². The first kappa shape index (κ1) is 8.75. The molecular formula is C12H10FN. The molecule has 0 aliphatic carbocycles. The second kappa shape index (κ2) is 3.50. The summed E-state index contributed by atoms with van der Waals surface area (Å²) in [6, 6.07) is 14.1. The van der Waals surface area contributed by atoms with Crippen LogP contribution < -0.4 is 5.73 Å². The highest BCUT2D eigenvalue weighted by atomic mass is 19.1. The molecule has 2 heteroatoms. The van der Waals surface area contributed by atoms with Gasteiger partial charge in [0.05, 0.1) is 0 Å². The summed E-state index contributed by atoms with van der Waals surface area (Å²) in [5.74, 6) is -0.281. The van der Waals surface area contributed by atoms with Gasteiger partial charge in [0.25, 0.3) is 0 Å². The van der Waals surface area contributed by atoms with E-state index in [-0.39, 0.29) is 5.82 Å². The zero-order valence-corrected chi connectivity index (χ0v) is 7.57. The smallest absolute Gasteiger partial charge is 0.133 e. The van der Waals surface area contributed by atoms with Crippen LogP contribution in [0, 0.1) is 5.82 Å². The van der Waals surface area contributed by atoms with E-state index >= 15 is 0 Å². The van der Waals surface area contributed by atoms with E-state index in [1.165, 1.54) is 6.07 Å². The average Bonchev–Trinajstić information content (AvgIpc) is 2.19. The van der Waals surface area contributed by atoms with Gasteiger partial charge in [-0.25, -0.2) is 4.39 Å². The van der Waals surface area contributed by atoms with Gasteiger partial charge in [0.15, 0.2) is 0 Å². The van der Waals surface area contributed by atoms with Crippen LogP contribution in [0.3, 0.4) is 0 Å². The van der Waals surface area contributed by atoms with Gasteiger partial charge >= 0.3 is 0 Å². The third kappa shape index (κ3) is 1.59. The van der Waals surface area contributed by atoms with Gasteiger partial charge in [0, 0.05) is 11.3 Å². The Morgan fingerprint density at radius 1 is 0.929 bits per heavy atom. The topological polar surface area (TPSA) is 26.0 Å². The average molecular weight is 187 g/mol. The second-order valence-electron chi connectivity index (χ2n) is 3.11. The van der Waals surface area contributed by atoms with Crippen LogP contribution in [0.25, 0.3) is 11.1 Å². The Morgan fingerprint density at radius 2 is 1.64 bits per heavy atom. The molecule has 1 nitrogen and oxygen atoms in total. The maximum absolute atomic E-state index is 13.5. The van der Waals surface area contributed by atoms with Gasteiger partial charge < -0.3 is 5.73 Å². The van der Waals surface area contributed by atoms with Gasteiger partial charge in [-0.05, 0) is 23.8 Å². The first-order valence-electron chi connectivity index (χ1n) is 4.38. The minimum absolute atomic E-state index is 0.281. The summed E-state index contributed by atoms with van der Waals surface area (Å²) in [4.78, 5) is 0. The number of benzene rings is 2. The van der Waals surface area contributed by atoms with Crippen LogP contribution in [0.2, 0.25) is 0 Å². The summed E-state index contributed by atoms with van der Waals surface area (Å²) in [7, 11) is 0. The summed E-state index contributed by atoms with van der Waals surface area (Å²) in [5.41, 5.74) is 7.36. The Balaban J connectivity index is 2.53. The third-order valence-corrected chi connectivity index (χ3v) is 2.08. The molecule has 2 aromatic rings. The Bertz CT molecular complexity index is 437. The molecule has 2 rings (SSSR count). The molecule has 0 radical (unpaired) electrons. The van der Waals surface area contributed by atoms with Gasteiger partial charge in [-0.1, -0.05) is 30.3 Å². The normalized spacial score (nSPS) is 10.1. The number of halogens is 1. The van der Waals surface area contributed by atoms with Crippen LogP contribution in [0.15, 0.2) is 48.5 Å². The van der Waals surface area contributed by atoms with E-state index in [2.05, 4.69) is 0 Å². The number of anilines is 1. The molecule has 0 saturated heterocycles. The van der Waals surface area contributed by atoms with Crippen molar-refractivity contribution >= 4 is 5.69 Å². The van der Waals surface area contributed by atoms with Crippen molar-refractivity contribution in [1.29, 1.82) is 0 Å². The lowest BCUT2D eigenvalue weighted by Gasteiger charge is -2.03. The highest BCUT2D eigenvalue weighted by molar-refractivity contribution is 5.66. The minimum Gasteiger partial charge on any atom is -0.399 e. The molecule has 0 spiro atoms. The summed E-state index contributed by atoms with van der Waals surface area (Å²) < 4.78 is 13.5. The van der Waals surface area contributed by atoms with Crippen molar-refractivity contribution in [3.05, 3.63) is 54.3 Å². The maximum Gasteiger partial charge on any atom is 0.133 e. The Hall–Kier alpha value is -1.83. The Kier molecular flexibility index (Phi) is 2.19. The number of hydrogen-bond acceptors (Lipinski definition) is 1. The molecule has 0 aliphatic heterocycles. The first-order valence-corrected chi connectivity index (χ1v) is 4.38. The van der Waals surface area contributed by atoms with Gasteiger partial charge in [0.2, 0.25) is 0 Å². The molecule has 14 heavy (non-hydrogen) atoms. The highest BCUT2D eigenvalue weighted by Crippen LogP contribution is 2.23. The summed E-state index contributed by atoms with van der Waals surface area (Å²) in [6.45, 7) is 0. The molecule has 2 N–H and O–H groups in total. The third-order valence-electron chi connectivity index (χ3n) is 2.08. The van der Waals surface area contributed by atoms with Crippen molar-refractivity contribution in [2.24, 2.45) is 0 Å². The molecule has 0 bridgehead atoms. The van der Waals surface area contributed by atoms with Gasteiger partial charge in [-0.15, -0.1) is 0 Å². The molecule has 70 valence electrons.